The molecule has 1 aliphatic rings. The van der Waals surface area contributed by atoms with E-state index in [9.17, 15) is 18.8 Å². The summed E-state index contributed by atoms with van der Waals surface area (Å²) < 4.78 is 15.9. The van der Waals surface area contributed by atoms with Gasteiger partial charge in [0.25, 0.3) is 0 Å². The molecule has 0 saturated heterocycles. The second kappa shape index (κ2) is 8.59. The number of Topliss-reactive ketones (excluding diaryl/α,β-unsaturated/α-hetero) is 1. The van der Waals surface area contributed by atoms with Crippen LogP contribution in [0.15, 0.2) is 42.6 Å². The van der Waals surface area contributed by atoms with E-state index in [2.05, 4.69) is 25.4 Å². The maximum atomic E-state index is 14.3. The Bertz CT molecular complexity index is 1560. The third-order valence-corrected chi connectivity index (χ3v) is 6.19. The van der Waals surface area contributed by atoms with Gasteiger partial charge in [-0.2, -0.15) is 5.10 Å². The fraction of sp³-hybridized carbons (Fsp3) is 0.240. The van der Waals surface area contributed by atoms with Crippen molar-refractivity contribution >= 4 is 34.4 Å². The van der Waals surface area contributed by atoms with Gasteiger partial charge < -0.3 is 11.1 Å². The molecule has 4 heterocycles. The molecule has 10 nitrogen and oxygen atoms in total. The van der Waals surface area contributed by atoms with E-state index in [0.717, 1.165) is 0 Å². The van der Waals surface area contributed by atoms with Gasteiger partial charge >= 0.3 is 0 Å². The van der Waals surface area contributed by atoms with E-state index in [1.807, 2.05) is 0 Å². The Hall–Kier alpha value is -4.54. The van der Waals surface area contributed by atoms with E-state index < -0.39 is 17.1 Å². The fourth-order valence-electron chi connectivity index (χ4n) is 4.26. The Morgan fingerprint density at radius 1 is 1.11 bits per heavy atom. The van der Waals surface area contributed by atoms with Crippen molar-refractivity contribution in [3.05, 3.63) is 65.2 Å². The second-order valence-corrected chi connectivity index (χ2v) is 9.06. The molecule has 4 aromatic rings. The highest BCUT2D eigenvalue weighted by Crippen LogP contribution is 2.40. The van der Waals surface area contributed by atoms with Gasteiger partial charge in [0.1, 0.15) is 23.0 Å². The Labute approximate surface area is 204 Å². The summed E-state index contributed by atoms with van der Waals surface area (Å²) in [5.41, 5.74) is 5.78. The number of halogens is 1. The zero-order valence-corrected chi connectivity index (χ0v) is 19.6. The van der Waals surface area contributed by atoms with Crippen molar-refractivity contribution in [2.24, 2.45) is 5.73 Å². The highest BCUT2D eigenvalue weighted by molar-refractivity contribution is 6.10. The van der Waals surface area contributed by atoms with E-state index in [4.69, 9.17) is 5.73 Å². The molecule has 3 aromatic heterocycles. The third-order valence-electron chi connectivity index (χ3n) is 6.19. The number of ketones is 1. The topological polar surface area (TPSA) is 146 Å². The van der Waals surface area contributed by atoms with Crippen LogP contribution in [0, 0.1) is 5.82 Å². The quantitative estimate of drug-likeness (QED) is 0.381. The highest BCUT2D eigenvalue weighted by Gasteiger charge is 2.44. The van der Waals surface area contributed by atoms with Crippen LogP contribution in [0.3, 0.4) is 0 Å². The lowest BCUT2D eigenvalue weighted by atomic mass is 9.84. The number of hydrogen-bond acceptors (Lipinski definition) is 7. The van der Waals surface area contributed by atoms with Crippen molar-refractivity contribution in [2.75, 3.05) is 5.32 Å². The number of fused-ring (bicyclic) bond motifs is 2. The number of amides is 2. The lowest BCUT2D eigenvalue weighted by Crippen LogP contribution is -2.29. The van der Waals surface area contributed by atoms with E-state index in [1.54, 1.807) is 50.4 Å². The Morgan fingerprint density at radius 2 is 1.89 bits per heavy atom. The Balaban J connectivity index is 1.67. The molecule has 0 fully saturated rings. The van der Waals surface area contributed by atoms with Crippen LogP contribution in [-0.4, -0.2) is 42.3 Å². The molecule has 3 N–H and O–H groups in total. The number of primary amides is 1. The second-order valence-electron chi connectivity index (χ2n) is 9.06. The summed E-state index contributed by atoms with van der Waals surface area (Å²) in [7, 11) is 0. The lowest BCUT2D eigenvalue weighted by molar-refractivity contribution is -0.120. The molecule has 0 radical (unpaired) electrons. The summed E-state index contributed by atoms with van der Waals surface area (Å²) in [6, 6.07) is 9.86. The number of carbonyl (C=O) groups is 3. The number of pyridine rings is 1. The number of carbonyl (C=O) groups excluding carboxylic acids is 3. The molecular weight excluding hydrogens is 465 g/mol. The van der Waals surface area contributed by atoms with Gasteiger partial charge in [-0.15, -0.1) is 0 Å². The predicted octanol–water partition coefficient (Wildman–Crippen LogP) is 2.75. The van der Waals surface area contributed by atoms with Crippen LogP contribution in [0.1, 0.15) is 48.3 Å². The van der Waals surface area contributed by atoms with Crippen LogP contribution in [0.2, 0.25) is 0 Å². The van der Waals surface area contributed by atoms with Crippen LogP contribution in [0.25, 0.3) is 22.6 Å². The first-order chi connectivity index (χ1) is 17.2. The van der Waals surface area contributed by atoms with Crippen molar-refractivity contribution in [3.63, 3.8) is 0 Å². The van der Waals surface area contributed by atoms with Crippen LogP contribution < -0.4 is 11.1 Å². The molecule has 2 amide bonds. The molecule has 36 heavy (non-hydrogen) atoms. The van der Waals surface area contributed by atoms with Crippen molar-refractivity contribution < 1.29 is 18.8 Å². The smallest absolute Gasteiger partial charge is 0.235 e. The molecular formula is C25H22FN7O3. The number of anilines is 1. The zero-order chi connectivity index (χ0) is 25.6. The van der Waals surface area contributed by atoms with E-state index in [0.29, 0.717) is 27.9 Å². The Kier molecular flexibility index (Phi) is 5.54. The van der Waals surface area contributed by atoms with E-state index in [-0.39, 0.29) is 48.4 Å². The average Bonchev–Trinajstić information content (AvgIpc) is 3.32. The van der Waals surface area contributed by atoms with Crippen molar-refractivity contribution in [3.8, 4) is 11.5 Å². The van der Waals surface area contributed by atoms with Gasteiger partial charge in [0.2, 0.25) is 11.8 Å². The average molecular weight is 487 g/mol. The normalized spacial score (nSPS) is 14.0. The summed E-state index contributed by atoms with van der Waals surface area (Å²) in [5.74, 6) is -1.46. The summed E-state index contributed by atoms with van der Waals surface area (Å²) in [6.07, 6.45) is 1.28. The monoisotopic (exact) mass is 487 g/mol. The Morgan fingerprint density at radius 3 is 2.64 bits per heavy atom. The number of nitrogens with one attached hydrogen (secondary N) is 1. The van der Waals surface area contributed by atoms with Crippen molar-refractivity contribution in [1.29, 1.82) is 0 Å². The fourth-order valence-corrected chi connectivity index (χ4v) is 4.26. The summed E-state index contributed by atoms with van der Waals surface area (Å²) in [4.78, 5) is 50.5. The molecule has 0 aliphatic carbocycles. The van der Waals surface area contributed by atoms with Gasteiger partial charge in [0.15, 0.2) is 17.3 Å². The molecule has 0 unspecified atom stereocenters. The molecule has 11 heteroatoms. The van der Waals surface area contributed by atoms with Crippen molar-refractivity contribution in [1.82, 2.24) is 24.7 Å². The molecule has 0 atom stereocenters. The number of benzene rings is 1. The number of nitrogens with zero attached hydrogens (tertiary/aromatic N) is 5. The highest BCUT2D eigenvalue weighted by atomic mass is 19.1. The largest absolute Gasteiger partial charge is 0.370 e. The standard InChI is InChI=1S/C25H22FN7O3/c1-25(2)18-20(16(34)9-10-17(27)35)29-22(30-21(18)31-24(25)36)19-14-7-5-11-28-23(14)33(32-19)12-13-6-3-4-8-15(13)26/h3-8,11H,9-10,12H2,1-2H3,(H2,27,35)(H,29,30,31,36). The lowest BCUT2D eigenvalue weighted by Gasteiger charge is -2.17. The number of rotatable bonds is 7. The first kappa shape index (κ1) is 23.2. The first-order valence-corrected chi connectivity index (χ1v) is 11.3. The summed E-state index contributed by atoms with van der Waals surface area (Å²) in [6.45, 7) is 3.45. The molecule has 0 bridgehead atoms. The number of nitrogens with two attached hydrogens (primary N) is 1. The van der Waals surface area contributed by atoms with Crippen LogP contribution >= 0.6 is 0 Å². The van der Waals surface area contributed by atoms with E-state index in [1.165, 1.54) is 10.7 Å². The molecule has 0 saturated carbocycles. The third kappa shape index (κ3) is 3.88. The van der Waals surface area contributed by atoms with Crippen molar-refractivity contribution in [2.45, 2.75) is 38.6 Å². The minimum absolute atomic E-state index is 0.0281. The van der Waals surface area contributed by atoms with Crippen LogP contribution in [0.5, 0.6) is 0 Å². The molecule has 1 aliphatic heterocycles. The predicted molar refractivity (Wildman–Crippen MR) is 128 cm³/mol. The summed E-state index contributed by atoms with van der Waals surface area (Å²) in [5, 5.41) is 7.93. The maximum absolute atomic E-state index is 14.3. The molecule has 1 aromatic carbocycles. The van der Waals surface area contributed by atoms with Crippen LogP contribution in [0.4, 0.5) is 10.2 Å². The van der Waals surface area contributed by atoms with Gasteiger partial charge in [0.05, 0.1) is 17.3 Å². The van der Waals surface area contributed by atoms with Gasteiger partial charge in [-0.3, -0.25) is 14.4 Å². The molecule has 5 rings (SSSR count). The van der Waals surface area contributed by atoms with E-state index >= 15 is 0 Å². The number of hydrogen-bond donors (Lipinski definition) is 2. The maximum Gasteiger partial charge on any atom is 0.235 e. The van der Waals surface area contributed by atoms with Gasteiger partial charge in [0, 0.05) is 30.2 Å². The van der Waals surface area contributed by atoms with Gasteiger partial charge in [-0.05, 0) is 32.0 Å². The molecule has 0 spiro atoms. The molecule has 182 valence electrons. The van der Waals surface area contributed by atoms with Gasteiger partial charge in [-0.25, -0.2) is 24.0 Å². The number of aromatic nitrogens is 5. The zero-order valence-electron chi connectivity index (χ0n) is 19.6. The minimum Gasteiger partial charge on any atom is -0.370 e. The van der Waals surface area contributed by atoms with Crippen LogP contribution in [-0.2, 0) is 21.5 Å². The minimum atomic E-state index is -1.06. The van der Waals surface area contributed by atoms with Gasteiger partial charge in [-0.1, -0.05) is 18.2 Å². The summed E-state index contributed by atoms with van der Waals surface area (Å²) >= 11 is 0. The SMILES string of the molecule is CC1(C)C(=O)Nc2nc(-c3nn(Cc4ccccc4F)c4ncccc34)nc(C(=O)CCC(N)=O)c21. The first-order valence-electron chi connectivity index (χ1n) is 11.3.